The van der Waals surface area contributed by atoms with E-state index in [4.69, 9.17) is 10.8 Å². The zero-order valence-corrected chi connectivity index (χ0v) is 10.9. The number of halogens is 2. The van der Waals surface area contributed by atoms with Crippen LogP contribution < -0.4 is 10.6 Å². The van der Waals surface area contributed by atoms with Gasteiger partial charge in [-0.1, -0.05) is 12.8 Å². The highest BCUT2D eigenvalue weighted by Crippen LogP contribution is 2.32. The van der Waals surface area contributed by atoms with Gasteiger partial charge in [-0.15, -0.1) is 0 Å². The first-order valence-corrected chi connectivity index (χ1v) is 6.73. The van der Waals surface area contributed by atoms with E-state index in [1.165, 1.54) is 12.1 Å². The predicted octanol–water partition coefficient (Wildman–Crippen LogP) is 2.16. The molecule has 2 rings (SSSR count). The third kappa shape index (κ3) is 3.04. The van der Waals surface area contributed by atoms with Crippen molar-refractivity contribution in [2.45, 2.75) is 38.3 Å². The summed E-state index contributed by atoms with van der Waals surface area (Å²) in [6.45, 7) is 0.242. The molecule has 3 N–H and O–H groups in total. The van der Waals surface area contributed by atoms with E-state index in [0.29, 0.717) is 5.56 Å². The molecule has 0 aliphatic heterocycles. The molecule has 1 aromatic carbocycles. The number of hydrogen-bond acceptors (Lipinski definition) is 3. The molecular formula is C14H20F2N2O. The van der Waals surface area contributed by atoms with Crippen LogP contribution in [-0.2, 0) is 6.54 Å². The van der Waals surface area contributed by atoms with Crippen molar-refractivity contribution in [3.8, 4) is 0 Å². The highest BCUT2D eigenvalue weighted by Gasteiger charge is 2.27. The lowest BCUT2D eigenvalue weighted by atomic mass is 10.1. The molecule has 106 valence electrons. The van der Waals surface area contributed by atoms with Gasteiger partial charge in [-0.2, -0.15) is 0 Å². The molecule has 1 saturated carbocycles. The van der Waals surface area contributed by atoms with E-state index in [9.17, 15) is 8.78 Å². The van der Waals surface area contributed by atoms with E-state index in [0.717, 1.165) is 25.7 Å². The fourth-order valence-electron chi connectivity index (χ4n) is 2.81. The Morgan fingerprint density at radius 3 is 2.26 bits per heavy atom. The Balaban J connectivity index is 2.35. The van der Waals surface area contributed by atoms with Gasteiger partial charge in [0.05, 0.1) is 6.61 Å². The van der Waals surface area contributed by atoms with Crippen LogP contribution in [0.4, 0.5) is 14.5 Å². The Kier molecular flexibility index (Phi) is 4.71. The van der Waals surface area contributed by atoms with Crippen LogP contribution >= 0.6 is 0 Å². The lowest BCUT2D eigenvalue weighted by Gasteiger charge is -2.31. The van der Waals surface area contributed by atoms with E-state index in [1.807, 2.05) is 0 Å². The van der Waals surface area contributed by atoms with Gasteiger partial charge in [-0.05, 0) is 30.5 Å². The van der Waals surface area contributed by atoms with Crippen LogP contribution in [-0.4, -0.2) is 24.3 Å². The van der Waals surface area contributed by atoms with Gasteiger partial charge in [0.25, 0.3) is 0 Å². The normalized spacial score (nSPS) is 16.0. The highest BCUT2D eigenvalue weighted by atomic mass is 19.1. The highest BCUT2D eigenvalue weighted by molar-refractivity contribution is 5.52. The monoisotopic (exact) mass is 270 g/mol. The quantitative estimate of drug-likeness (QED) is 0.862. The maximum Gasteiger partial charge on any atom is 0.149 e. The van der Waals surface area contributed by atoms with Crippen LogP contribution in [0.2, 0.25) is 0 Å². The van der Waals surface area contributed by atoms with Crippen molar-refractivity contribution < 1.29 is 13.9 Å². The number of anilines is 1. The third-order valence-corrected chi connectivity index (χ3v) is 3.71. The smallest absolute Gasteiger partial charge is 0.149 e. The van der Waals surface area contributed by atoms with Crippen molar-refractivity contribution in [3.05, 3.63) is 29.3 Å². The summed E-state index contributed by atoms with van der Waals surface area (Å²) in [6.07, 6.45) is 3.96. The number of benzene rings is 1. The van der Waals surface area contributed by atoms with Crippen LogP contribution in [0.15, 0.2) is 12.1 Å². The molecule has 3 nitrogen and oxygen atoms in total. The second-order valence-corrected chi connectivity index (χ2v) is 4.97. The van der Waals surface area contributed by atoms with Gasteiger partial charge in [0.1, 0.15) is 17.3 Å². The molecule has 0 aromatic heterocycles. The third-order valence-electron chi connectivity index (χ3n) is 3.71. The fraction of sp³-hybridized carbons (Fsp3) is 0.571. The second-order valence-electron chi connectivity index (χ2n) is 4.97. The molecule has 0 bridgehead atoms. The first-order chi connectivity index (χ1) is 9.17. The molecule has 0 saturated heterocycles. The largest absolute Gasteiger partial charge is 0.395 e. The Bertz CT molecular complexity index is 410. The Morgan fingerprint density at radius 2 is 1.79 bits per heavy atom. The van der Waals surface area contributed by atoms with Gasteiger partial charge in [0.15, 0.2) is 0 Å². The van der Waals surface area contributed by atoms with E-state index in [1.54, 1.807) is 4.90 Å². The van der Waals surface area contributed by atoms with Crippen molar-refractivity contribution in [3.63, 3.8) is 0 Å². The molecule has 1 aromatic rings. The molecule has 0 atom stereocenters. The minimum absolute atomic E-state index is 0.0295. The number of aliphatic hydroxyl groups excluding tert-OH is 1. The van der Waals surface area contributed by atoms with Gasteiger partial charge in [0.2, 0.25) is 0 Å². The average molecular weight is 270 g/mol. The van der Waals surface area contributed by atoms with Gasteiger partial charge in [0, 0.05) is 19.1 Å². The molecule has 0 spiro atoms. The summed E-state index contributed by atoms with van der Waals surface area (Å²) < 4.78 is 28.2. The SMILES string of the molecule is NCc1cc(F)c(N(CCO)C2CCCC2)c(F)c1. The van der Waals surface area contributed by atoms with E-state index in [2.05, 4.69) is 0 Å². The molecular weight excluding hydrogens is 250 g/mol. The van der Waals surface area contributed by atoms with Crippen LogP contribution in [0, 0.1) is 11.6 Å². The molecule has 0 heterocycles. The lowest BCUT2D eigenvalue weighted by Crippen LogP contribution is -2.37. The van der Waals surface area contributed by atoms with E-state index >= 15 is 0 Å². The maximum atomic E-state index is 14.1. The first kappa shape index (κ1) is 14.2. The Morgan fingerprint density at radius 1 is 1.21 bits per heavy atom. The minimum atomic E-state index is -0.596. The second kappa shape index (κ2) is 6.30. The molecule has 1 aliphatic carbocycles. The topological polar surface area (TPSA) is 49.5 Å². The summed E-state index contributed by atoms with van der Waals surface area (Å²) >= 11 is 0. The predicted molar refractivity (Wildman–Crippen MR) is 70.9 cm³/mol. The summed E-state index contributed by atoms with van der Waals surface area (Å²) in [5, 5.41) is 9.13. The number of rotatable bonds is 5. The molecule has 1 aliphatic rings. The summed E-state index contributed by atoms with van der Waals surface area (Å²) in [7, 11) is 0. The fourth-order valence-corrected chi connectivity index (χ4v) is 2.81. The molecule has 0 radical (unpaired) electrons. The van der Waals surface area contributed by atoms with Crippen LogP contribution in [0.1, 0.15) is 31.2 Å². The molecule has 0 amide bonds. The van der Waals surface area contributed by atoms with Gasteiger partial charge >= 0.3 is 0 Å². The van der Waals surface area contributed by atoms with Crippen LogP contribution in [0.5, 0.6) is 0 Å². The average Bonchev–Trinajstić information content (AvgIpc) is 2.90. The Hall–Kier alpha value is -1.20. The zero-order valence-electron chi connectivity index (χ0n) is 10.9. The minimum Gasteiger partial charge on any atom is -0.395 e. The number of nitrogens with zero attached hydrogens (tertiary/aromatic N) is 1. The summed E-state index contributed by atoms with van der Waals surface area (Å²) in [5.74, 6) is -1.19. The van der Waals surface area contributed by atoms with E-state index < -0.39 is 11.6 Å². The lowest BCUT2D eigenvalue weighted by molar-refractivity contribution is 0.296. The van der Waals surface area contributed by atoms with Gasteiger partial charge in [-0.3, -0.25) is 0 Å². The molecule has 5 heteroatoms. The molecule has 1 fully saturated rings. The summed E-state index contributed by atoms with van der Waals surface area (Å²) in [5.41, 5.74) is 5.82. The Labute approximate surface area is 112 Å². The van der Waals surface area contributed by atoms with Crippen molar-refractivity contribution in [1.82, 2.24) is 0 Å². The number of hydrogen-bond donors (Lipinski definition) is 2. The summed E-state index contributed by atoms with van der Waals surface area (Å²) in [6, 6.07) is 2.66. The molecule has 0 unspecified atom stereocenters. The maximum absolute atomic E-state index is 14.1. The van der Waals surface area contributed by atoms with E-state index in [-0.39, 0.29) is 31.4 Å². The molecule has 19 heavy (non-hydrogen) atoms. The van der Waals surface area contributed by atoms with Gasteiger partial charge in [-0.25, -0.2) is 8.78 Å². The van der Waals surface area contributed by atoms with Crippen molar-refractivity contribution in [1.29, 1.82) is 0 Å². The van der Waals surface area contributed by atoms with Crippen molar-refractivity contribution in [2.24, 2.45) is 5.73 Å². The van der Waals surface area contributed by atoms with Crippen LogP contribution in [0.25, 0.3) is 0 Å². The zero-order chi connectivity index (χ0) is 13.8. The van der Waals surface area contributed by atoms with Crippen LogP contribution in [0.3, 0.4) is 0 Å². The summed E-state index contributed by atoms with van der Waals surface area (Å²) in [4.78, 5) is 1.66. The van der Waals surface area contributed by atoms with Crippen molar-refractivity contribution >= 4 is 5.69 Å². The standard InChI is InChI=1S/C14H20F2N2O/c15-12-7-10(9-17)8-13(16)14(12)18(5-6-19)11-3-1-2-4-11/h7-8,11,19H,1-6,9,17H2. The van der Waals surface area contributed by atoms with Crippen molar-refractivity contribution in [2.75, 3.05) is 18.1 Å². The number of aliphatic hydroxyl groups is 1. The first-order valence-electron chi connectivity index (χ1n) is 6.73. The van der Waals surface area contributed by atoms with Gasteiger partial charge < -0.3 is 15.7 Å². The number of nitrogens with two attached hydrogens (primary N) is 1.